The van der Waals surface area contributed by atoms with Crippen LogP contribution in [0, 0.1) is 0 Å². The second kappa shape index (κ2) is 4.98. The fraction of sp³-hybridized carbons (Fsp3) is 0.875. The summed E-state index contributed by atoms with van der Waals surface area (Å²) in [5.74, 6) is 0. The van der Waals surface area contributed by atoms with Crippen LogP contribution in [0.4, 0.5) is 4.79 Å². The van der Waals surface area contributed by atoms with Crippen LogP contribution < -0.4 is 0 Å². The molecule has 0 aromatic rings. The van der Waals surface area contributed by atoms with Crippen LogP contribution in [0.1, 0.15) is 19.3 Å². The van der Waals surface area contributed by atoms with Gasteiger partial charge in [0.1, 0.15) is 0 Å². The second-order valence-corrected chi connectivity index (χ2v) is 3.02. The summed E-state index contributed by atoms with van der Waals surface area (Å²) in [5, 5.41) is 8.17. The molecule has 1 rings (SSSR count). The Labute approximate surface area is 72.1 Å². The van der Waals surface area contributed by atoms with Gasteiger partial charge in [-0.2, -0.15) is 0 Å². The summed E-state index contributed by atoms with van der Waals surface area (Å²) in [6, 6.07) is 0. The predicted molar refractivity (Wildman–Crippen MR) is 44.3 cm³/mol. The van der Waals surface area contributed by atoms with Crippen LogP contribution in [-0.4, -0.2) is 42.4 Å². The molecule has 0 radical (unpaired) electrons. The monoisotopic (exact) mass is 173 g/mol. The fourth-order valence-corrected chi connectivity index (χ4v) is 1.45. The minimum Gasteiger partial charge on any atom is -0.450 e. The van der Waals surface area contributed by atoms with Crippen LogP contribution >= 0.6 is 0 Å². The quantitative estimate of drug-likeness (QED) is 0.512. The molecule has 0 atom stereocenters. The lowest BCUT2D eigenvalue weighted by Gasteiger charge is -2.13. The SMILES string of the molecule is O=C(O)OCCCN1CCCC1. The van der Waals surface area contributed by atoms with Crippen molar-refractivity contribution < 1.29 is 14.6 Å². The highest BCUT2D eigenvalue weighted by atomic mass is 16.7. The summed E-state index contributed by atoms with van der Waals surface area (Å²) in [7, 11) is 0. The van der Waals surface area contributed by atoms with E-state index >= 15 is 0 Å². The van der Waals surface area contributed by atoms with E-state index in [9.17, 15) is 4.79 Å². The Hall–Kier alpha value is -0.770. The largest absolute Gasteiger partial charge is 0.505 e. The molecule has 0 aromatic heterocycles. The lowest BCUT2D eigenvalue weighted by atomic mass is 10.4. The maximum Gasteiger partial charge on any atom is 0.505 e. The Morgan fingerprint density at radius 3 is 2.67 bits per heavy atom. The van der Waals surface area contributed by atoms with E-state index in [2.05, 4.69) is 9.64 Å². The van der Waals surface area contributed by atoms with Crippen molar-refractivity contribution in [2.45, 2.75) is 19.3 Å². The second-order valence-electron chi connectivity index (χ2n) is 3.02. The molecular weight excluding hydrogens is 158 g/mol. The highest BCUT2D eigenvalue weighted by Gasteiger charge is 2.10. The molecule has 1 aliphatic rings. The van der Waals surface area contributed by atoms with Gasteiger partial charge in [-0.1, -0.05) is 0 Å². The number of carbonyl (C=O) groups is 1. The van der Waals surface area contributed by atoms with Crippen molar-refractivity contribution in [2.24, 2.45) is 0 Å². The molecule has 0 bridgehead atoms. The van der Waals surface area contributed by atoms with Gasteiger partial charge in [0.05, 0.1) is 6.61 Å². The molecule has 1 aliphatic heterocycles. The van der Waals surface area contributed by atoms with Crippen molar-refractivity contribution in [2.75, 3.05) is 26.2 Å². The van der Waals surface area contributed by atoms with Crippen LogP contribution in [-0.2, 0) is 4.74 Å². The number of hydrogen-bond donors (Lipinski definition) is 1. The van der Waals surface area contributed by atoms with Crippen molar-refractivity contribution in [3.8, 4) is 0 Å². The minimum atomic E-state index is -1.17. The molecule has 4 heteroatoms. The summed E-state index contributed by atoms with van der Waals surface area (Å²) in [6.45, 7) is 3.61. The van der Waals surface area contributed by atoms with E-state index in [1.807, 2.05) is 0 Å². The molecule has 1 N–H and O–H groups in total. The smallest absolute Gasteiger partial charge is 0.450 e. The number of carboxylic acid groups (broad SMARTS) is 1. The molecule has 0 unspecified atom stereocenters. The van der Waals surface area contributed by atoms with Gasteiger partial charge in [0.25, 0.3) is 0 Å². The predicted octanol–water partition coefficient (Wildman–Crippen LogP) is 1.17. The maximum absolute atomic E-state index is 9.96. The van der Waals surface area contributed by atoms with Crippen LogP contribution in [0.2, 0.25) is 0 Å². The average Bonchev–Trinajstić information content (AvgIpc) is 2.49. The Morgan fingerprint density at radius 2 is 2.08 bits per heavy atom. The van der Waals surface area contributed by atoms with Crippen LogP contribution in [0.3, 0.4) is 0 Å². The molecule has 0 spiro atoms. The van der Waals surface area contributed by atoms with Crippen molar-refractivity contribution in [3.63, 3.8) is 0 Å². The van der Waals surface area contributed by atoms with E-state index in [1.165, 1.54) is 12.8 Å². The molecule has 70 valence electrons. The number of rotatable bonds is 4. The Balaban J connectivity index is 1.91. The van der Waals surface area contributed by atoms with Gasteiger partial charge in [-0.3, -0.25) is 0 Å². The molecular formula is C8H15NO3. The first-order chi connectivity index (χ1) is 5.79. The first-order valence-corrected chi connectivity index (χ1v) is 4.37. The first-order valence-electron chi connectivity index (χ1n) is 4.37. The lowest BCUT2D eigenvalue weighted by Crippen LogP contribution is -2.21. The number of ether oxygens (including phenoxy) is 1. The fourth-order valence-electron chi connectivity index (χ4n) is 1.45. The van der Waals surface area contributed by atoms with Gasteiger partial charge in [0.15, 0.2) is 0 Å². The lowest BCUT2D eigenvalue weighted by molar-refractivity contribution is 0.0880. The van der Waals surface area contributed by atoms with E-state index in [-0.39, 0.29) is 0 Å². The Morgan fingerprint density at radius 1 is 1.42 bits per heavy atom. The van der Waals surface area contributed by atoms with E-state index in [0.29, 0.717) is 6.61 Å². The summed E-state index contributed by atoms with van der Waals surface area (Å²) in [6.07, 6.45) is 2.20. The highest BCUT2D eigenvalue weighted by molar-refractivity contribution is 5.56. The molecule has 1 saturated heterocycles. The molecule has 0 amide bonds. The number of likely N-dealkylation sites (tertiary alicyclic amines) is 1. The zero-order chi connectivity index (χ0) is 8.81. The minimum absolute atomic E-state index is 0.325. The number of nitrogens with zero attached hydrogens (tertiary/aromatic N) is 1. The highest BCUT2D eigenvalue weighted by Crippen LogP contribution is 2.07. The number of hydrogen-bond acceptors (Lipinski definition) is 3. The van der Waals surface area contributed by atoms with Gasteiger partial charge in [0, 0.05) is 6.54 Å². The zero-order valence-electron chi connectivity index (χ0n) is 7.16. The van der Waals surface area contributed by atoms with Crippen molar-refractivity contribution >= 4 is 6.16 Å². The summed E-state index contributed by atoms with van der Waals surface area (Å²) < 4.78 is 4.39. The molecule has 0 saturated carbocycles. The third-order valence-corrected chi connectivity index (χ3v) is 2.04. The third kappa shape index (κ3) is 3.57. The van der Waals surface area contributed by atoms with Gasteiger partial charge in [-0.05, 0) is 32.4 Å². The van der Waals surface area contributed by atoms with Gasteiger partial charge < -0.3 is 14.7 Å². The van der Waals surface area contributed by atoms with E-state index < -0.39 is 6.16 Å². The molecule has 4 nitrogen and oxygen atoms in total. The molecule has 0 aromatic carbocycles. The first kappa shape index (κ1) is 9.32. The molecule has 12 heavy (non-hydrogen) atoms. The Kier molecular flexibility index (Phi) is 3.87. The Bertz CT molecular complexity index is 143. The molecule has 1 heterocycles. The van der Waals surface area contributed by atoms with Crippen LogP contribution in [0.5, 0.6) is 0 Å². The summed E-state index contributed by atoms with van der Waals surface area (Å²) >= 11 is 0. The standard InChI is InChI=1S/C8H15NO3/c10-8(11)12-7-3-6-9-4-1-2-5-9/h1-7H2,(H,10,11). The van der Waals surface area contributed by atoms with Crippen LogP contribution in [0.25, 0.3) is 0 Å². The average molecular weight is 173 g/mol. The van der Waals surface area contributed by atoms with Gasteiger partial charge in [0.2, 0.25) is 0 Å². The zero-order valence-corrected chi connectivity index (χ0v) is 7.16. The van der Waals surface area contributed by atoms with Gasteiger partial charge >= 0.3 is 6.16 Å². The molecule has 1 fully saturated rings. The van der Waals surface area contributed by atoms with Crippen molar-refractivity contribution in [1.29, 1.82) is 0 Å². The molecule has 0 aliphatic carbocycles. The van der Waals surface area contributed by atoms with Crippen LogP contribution in [0.15, 0.2) is 0 Å². The van der Waals surface area contributed by atoms with E-state index in [1.54, 1.807) is 0 Å². The maximum atomic E-state index is 9.96. The topological polar surface area (TPSA) is 49.8 Å². The van der Waals surface area contributed by atoms with Gasteiger partial charge in [-0.15, -0.1) is 0 Å². The van der Waals surface area contributed by atoms with Gasteiger partial charge in [-0.25, -0.2) is 4.79 Å². The normalized spacial score (nSPS) is 18.0. The van der Waals surface area contributed by atoms with E-state index in [4.69, 9.17) is 5.11 Å². The van der Waals surface area contributed by atoms with Crippen molar-refractivity contribution in [3.05, 3.63) is 0 Å². The third-order valence-electron chi connectivity index (χ3n) is 2.04. The summed E-state index contributed by atoms with van der Waals surface area (Å²) in [4.78, 5) is 12.3. The summed E-state index contributed by atoms with van der Waals surface area (Å²) in [5.41, 5.74) is 0. The van der Waals surface area contributed by atoms with E-state index in [0.717, 1.165) is 26.1 Å². The van der Waals surface area contributed by atoms with Crippen molar-refractivity contribution in [1.82, 2.24) is 4.90 Å².